The Bertz CT molecular complexity index is 2950. The average Bonchev–Trinajstić information content (AvgIpc) is 3.72. The van der Waals surface area contributed by atoms with Crippen LogP contribution in [0.25, 0.3) is 98.8 Å². The van der Waals surface area contributed by atoms with E-state index in [1.807, 2.05) is 0 Å². The van der Waals surface area contributed by atoms with Gasteiger partial charge >= 0.3 is 0 Å². The van der Waals surface area contributed by atoms with Crippen molar-refractivity contribution >= 4 is 65.2 Å². The molecular formula is C50H32N2. The minimum atomic E-state index is 1.17. The van der Waals surface area contributed by atoms with Crippen molar-refractivity contribution in [3.63, 3.8) is 0 Å². The lowest BCUT2D eigenvalue weighted by Gasteiger charge is -2.12. The molecule has 11 rings (SSSR count). The molecule has 0 aliphatic rings. The van der Waals surface area contributed by atoms with Crippen LogP contribution in [-0.4, -0.2) is 9.13 Å². The van der Waals surface area contributed by atoms with Crippen molar-refractivity contribution in [1.29, 1.82) is 0 Å². The fraction of sp³-hybridized carbons (Fsp3) is 0. The Morgan fingerprint density at radius 2 is 0.615 bits per heavy atom. The van der Waals surface area contributed by atoms with Crippen LogP contribution < -0.4 is 0 Å². The summed E-state index contributed by atoms with van der Waals surface area (Å²) in [5.74, 6) is 0. The van der Waals surface area contributed by atoms with Crippen molar-refractivity contribution in [2.24, 2.45) is 0 Å². The van der Waals surface area contributed by atoms with Gasteiger partial charge in [-0.1, -0.05) is 133 Å². The monoisotopic (exact) mass is 660 g/mol. The summed E-state index contributed by atoms with van der Waals surface area (Å²) in [4.78, 5) is 0. The van der Waals surface area contributed by atoms with Gasteiger partial charge in [-0.3, -0.25) is 0 Å². The SMILES string of the molecule is c1ccc(-c2ccc3cc(-n4c5ccccc5c5cc6c(cc54)c4ccccc4n6-c4ccc5cc(-c6ccccc6)ccc5c4)ccc3c2)cc1. The molecule has 2 heterocycles. The molecule has 0 bridgehead atoms. The van der Waals surface area contributed by atoms with E-state index in [4.69, 9.17) is 0 Å². The van der Waals surface area contributed by atoms with E-state index in [2.05, 4.69) is 203 Å². The summed E-state index contributed by atoms with van der Waals surface area (Å²) in [7, 11) is 0. The van der Waals surface area contributed by atoms with Gasteiger partial charge in [-0.2, -0.15) is 0 Å². The highest BCUT2D eigenvalue weighted by Crippen LogP contribution is 2.40. The second kappa shape index (κ2) is 11.3. The molecule has 2 heteroatoms. The van der Waals surface area contributed by atoms with E-state index in [0.717, 1.165) is 0 Å². The number of hydrogen-bond acceptors (Lipinski definition) is 0. The lowest BCUT2D eigenvalue weighted by molar-refractivity contribution is 1.18. The highest BCUT2D eigenvalue weighted by molar-refractivity contribution is 6.19. The van der Waals surface area contributed by atoms with Crippen LogP contribution >= 0.6 is 0 Å². The zero-order chi connectivity index (χ0) is 34.2. The maximum atomic E-state index is 2.45. The van der Waals surface area contributed by atoms with Gasteiger partial charge in [0, 0.05) is 32.9 Å². The number of hydrogen-bond donors (Lipinski definition) is 0. The highest BCUT2D eigenvalue weighted by Gasteiger charge is 2.19. The first-order valence-corrected chi connectivity index (χ1v) is 17.9. The molecule has 9 aromatic carbocycles. The van der Waals surface area contributed by atoms with E-state index in [1.54, 1.807) is 0 Å². The Morgan fingerprint density at radius 3 is 1.08 bits per heavy atom. The summed E-state index contributed by atoms with van der Waals surface area (Å²) in [6.45, 7) is 0. The second-order valence-electron chi connectivity index (χ2n) is 13.8. The molecule has 0 unspecified atom stereocenters. The van der Waals surface area contributed by atoms with Crippen LogP contribution in [0.4, 0.5) is 0 Å². The third kappa shape index (κ3) is 4.44. The van der Waals surface area contributed by atoms with E-state index < -0.39 is 0 Å². The van der Waals surface area contributed by atoms with Gasteiger partial charge < -0.3 is 9.13 Å². The standard InChI is InChI=1S/C50H32N2/c1-3-11-33(12-4-1)35-19-21-39-29-41(25-23-37(39)27-35)51-47-17-9-7-15-43(47)45-32-50-46(31-49(45)51)44-16-8-10-18-48(44)52(50)42-26-24-38-28-36(20-22-40(38)30-42)34-13-5-2-6-14-34/h1-32H. The van der Waals surface area contributed by atoms with Gasteiger partial charge in [-0.05, 0) is 104 Å². The van der Waals surface area contributed by atoms with Crippen LogP contribution in [0.15, 0.2) is 194 Å². The molecule has 0 fully saturated rings. The summed E-state index contributed by atoms with van der Waals surface area (Å²) < 4.78 is 4.89. The Hall–Kier alpha value is -6.90. The van der Waals surface area contributed by atoms with Crippen LogP contribution in [0.3, 0.4) is 0 Å². The summed E-state index contributed by atoms with van der Waals surface area (Å²) in [5.41, 5.74) is 12.1. The van der Waals surface area contributed by atoms with Crippen molar-refractivity contribution < 1.29 is 0 Å². The average molecular weight is 661 g/mol. The van der Waals surface area contributed by atoms with Gasteiger partial charge in [0.1, 0.15) is 0 Å². The largest absolute Gasteiger partial charge is 0.309 e. The minimum absolute atomic E-state index is 1.17. The maximum absolute atomic E-state index is 2.45. The van der Waals surface area contributed by atoms with Crippen LogP contribution in [0.2, 0.25) is 0 Å². The van der Waals surface area contributed by atoms with Crippen molar-refractivity contribution in [2.75, 3.05) is 0 Å². The van der Waals surface area contributed by atoms with Crippen molar-refractivity contribution in [3.8, 4) is 33.6 Å². The van der Waals surface area contributed by atoms with Crippen molar-refractivity contribution in [1.82, 2.24) is 9.13 Å². The molecule has 0 amide bonds. The van der Waals surface area contributed by atoms with Gasteiger partial charge in [0.05, 0.1) is 22.1 Å². The van der Waals surface area contributed by atoms with Gasteiger partial charge in [0.25, 0.3) is 0 Å². The summed E-state index contributed by atoms with van der Waals surface area (Å²) in [5, 5.41) is 9.94. The molecule has 0 saturated heterocycles. The van der Waals surface area contributed by atoms with Gasteiger partial charge in [-0.15, -0.1) is 0 Å². The highest BCUT2D eigenvalue weighted by atomic mass is 15.0. The maximum Gasteiger partial charge on any atom is 0.0548 e. The molecule has 2 nitrogen and oxygen atoms in total. The van der Waals surface area contributed by atoms with Crippen molar-refractivity contribution in [2.45, 2.75) is 0 Å². The molecule has 242 valence electrons. The Labute approximate surface area is 301 Å². The van der Waals surface area contributed by atoms with Crippen LogP contribution in [0, 0.1) is 0 Å². The molecule has 52 heavy (non-hydrogen) atoms. The lowest BCUT2D eigenvalue weighted by Crippen LogP contribution is -1.95. The summed E-state index contributed by atoms with van der Waals surface area (Å²) in [6.07, 6.45) is 0. The molecule has 0 radical (unpaired) electrons. The summed E-state index contributed by atoms with van der Waals surface area (Å²) >= 11 is 0. The number of rotatable bonds is 4. The smallest absolute Gasteiger partial charge is 0.0548 e. The second-order valence-corrected chi connectivity index (χ2v) is 13.8. The predicted molar refractivity (Wildman–Crippen MR) is 221 cm³/mol. The lowest BCUT2D eigenvalue weighted by atomic mass is 10.0. The van der Waals surface area contributed by atoms with E-state index in [0.29, 0.717) is 0 Å². The third-order valence-electron chi connectivity index (χ3n) is 10.8. The molecule has 2 aromatic heterocycles. The zero-order valence-corrected chi connectivity index (χ0v) is 28.4. The predicted octanol–water partition coefficient (Wildman–Crippen LogP) is 13.5. The Morgan fingerprint density at radius 1 is 0.231 bits per heavy atom. The van der Waals surface area contributed by atoms with Gasteiger partial charge in [-0.25, -0.2) is 0 Å². The topological polar surface area (TPSA) is 9.86 Å². The fourth-order valence-electron chi connectivity index (χ4n) is 8.35. The van der Waals surface area contributed by atoms with E-state index >= 15 is 0 Å². The molecule has 0 aliphatic carbocycles. The molecule has 0 N–H and O–H groups in total. The van der Waals surface area contributed by atoms with E-state index in [9.17, 15) is 0 Å². The molecular weight excluding hydrogens is 629 g/mol. The normalized spacial score (nSPS) is 11.8. The first kappa shape index (κ1) is 28.9. The van der Waals surface area contributed by atoms with Crippen molar-refractivity contribution in [3.05, 3.63) is 194 Å². The van der Waals surface area contributed by atoms with Crippen LogP contribution in [-0.2, 0) is 0 Å². The first-order valence-electron chi connectivity index (χ1n) is 17.9. The molecule has 0 atom stereocenters. The quantitative estimate of drug-likeness (QED) is 0.178. The zero-order valence-electron chi connectivity index (χ0n) is 28.4. The van der Waals surface area contributed by atoms with E-state index in [-0.39, 0.29) is 0 Å². The van der Waals surface area contributed by atoms with E-state index in [1.165, 1.54) is 98.8 Å². The summed E-state index contributed by atoms with van der Waals surface area (Å²) in [6, 6.07) is 71.0. The Balaban J connectivity index is 1.11. The number of benzene rings is 9. The molecule has 0 aliphatic heterocycles. The van der Waals surface area contributed by atoms with Gasteiger partial charge in [0.2, 0.25) is 0 Å². The first-order chi connectivity index (χ1) is 25.8. The number of para-hydroxylation sites is 2. The molecule has 0 spiro atoms. The number of fused-ring (bicyclic) bond motifs is 8. The minimum Gasteiger partial charge on any atom is -0.309 e. The Kier molecular flexibility index (Phi) is 6.28. The number of nitrogens with zero attached hydrogens (tertiary/aromatic N) is 2. The number of aromatic nitrogens is 2. The third-order valence-corrected chi connectivity index (χ3v) is 10.8. The molecule has 0 saturated carbocycles. The van der Waals surface area contributed by atoms with Gasteiger partial charge in [0.15, 0.2) is 0 Å². The fourth-order valence-corrected chi connectivity index (χ4v) is 8.35. The van der Waals surface area contributed by atoms with Crippen LogP contribution in [0.5, 0.6) is 0 Å². The van der Waals surface area contributed by atoms with Crippen LogP contribution in [0.1, 0.15) is 0 Å². The molecule has 11 aromatic rings.